The summed E-state index contributed by atoms with van der Waals surface area (Å²) < 4.78 is 0.335. The van der Waals surface area contributed by atoms with Crippen LogP contribution in [0, 0.1) is 4.91 Å². The van der Waals surface area contributed by atoms with Gasteiger partial charge in [0.05, 0.1) is 0 Å². The van der Waals surface area contributed by atoms with E-state index < -0.39 is 0 Å². The van der Waals surface area contributed by atoms with E-state index in [1.165, 1.54) is 0 Å². The predicted molar refractivity (Wildman–Crippen MR) is 54.3 cm³/mol. The molecule has 0 amide bonds. The minimum absolute atomic E-state index is 0.335. The molecule has 1 aromatic rings. The van der Waals surface area contributed by atoms with Crippen molar-refractivity contribution in [1.82, 2.24) is 0 Å². The highest BCUT2D eigenvalue weighted by atomic mass is 127. The van der Waals surface area contributed by atoms with E-state index >= 15 is 0 Å². The summed E-state index contributed by atoms with van der Waals surface area (Å²) in [6.07, 6.45) is 0. The van der Waals surface area contributed by atoms with Crippen LogP contribution in [0.15, 0.2) is 29.4 Å². The molecule has 0 N–H and O–H groups in total. The van der Waals surface area contributed by atoms with Gasteiger partial charge in [-0.05, 0) is 23.7 Å². The van der Waals surface area contributed by atoms with Crippen molar-refractivity contribution in [1.29, 1.82) is 0 Å². The fourth-order valence-electron chi connectivity index (χ4n) is 0.907. The van der Waals surface area contributed by atoms with Crippen LogP contribution in [-0.4, -0.2) is 0 Å². The average molecular weight is 261 g/mol. The third-order valence-electron chi connectivity index (χ3n) is 1.46. The minimum atomic E-state index is 0.335. The molecule has 2 nitrogen and oxygen atoms in total. The van der Waals surface area contributed by atoms with Gasteiger partial charge in [-0.25, -0.2) is 0 Å². The van der Waals surface area contributed by atoms with E-state index in [-0.39, 0.29) is 0 Å². The van der Waals surface area contributed by atoms with Crippen LogP contribution in [0.3, 0.4) is 0 Å². The molecule has 1 aromatic carbocycles. The number of benzene rings is 1. The van der Waals surface area contributed by atoms with E-state index in [1.54, 1.807) is 6.07 Å². The standard InChI is InChI=1S/C8H8INO/c1-6(9)7-4-2-3-5-8(7)10-11/h2-6H,1H3. The summed E-state index contributed by atoms with van der Waals surface area (Å²) in [4.78, 5) is 10.3. The number of rotatable bonds is 2. The van der Waals surface area contributed by atoms with Gasteiger partial charge in [0.25, 0.3) is 0 Å². The lowest BCUT2D eigenvalue weighted by Gasteiger charge is -2.03. The maximum Gasteiger partial charge on any atom is 0.112 e. The zero-order valence-electron chi connectivity index (χ0n) is 6.12. The van der Waals surface area contributed by atoms with Gasteiger partial charge in [-0.15, -0.1) is 4.91 Å². The van der Waals surface area contributed by atoms with E-state index in [1.807, 2.05) is 25.1 Å². The van der Waals surface area contributed by atoms with Crippen molar-refractivity contribution in [3.63, 3.8) is 0 Å². The van der Waals surface area contributed by atoms with Crippen LogP contribution in [-0.2, 0) is 0 Å². The Kier molecular flexibility index (Phi) is 2.99. The number of nitroso groups, excluding NO2 is 1. The fraction of sp³-hybridized carbons (Fsp3) is 0.250. The van der Waals surface area contributed by atoms with E-state index in [0.29, 0.717) is 9.61 Å². The lowest BCUT2D eigenvalue weighted by atomic mass is 10.1. The van der Waals surface area contributed by atoms with E-state index in [4.69, 9.17) is 0 Å². The first kappa shape index (κ1) is 8.64. The van der Waals surface area contributed by atoms with Crippen LogP contribution in [0.25, 0.3) is 0 Å². The summed E-state index contributed by atoms with van der Waals surface area (Å²) in [5.74, 6) is 0. The highest BCUT2D eigenvalue weighted by Crippen LogP contribution is 2.30. The van der Waals surface area contributed by atoms with Gasteiger partial charge in [-0.3, -0.25) is 0 Å². The Balaban J connectivity index is 3.12. The lowest BCUT2D eigenvalue weighted by molar-refractivity contribution is 1.14. The third kappa shape index (κ3) is 1.99. The Labute approximate surface area is 79.1 Å². The lowest BCUT2D eigenvalue weighted by Crippen LogP contribution is -1.82. The number of halogens is 1. The largest absolute Gasteiger partial charge is 0.145 e. The first-order valence-corrected chi connectivity index (χ1v) is 4.56. The second kappa shape index (κ2) is 3.80. The molecule has 0 aliphatic carbocycles. The molecule has 0 fully saturated rings. The fourth-order valence-corrected chi connectivity index (χ4v) is 1.43. The van der Waals surface area contributed by atoms with Gasteiger partial charge in [0.1, 0.15) is 5.69 Å². The Morgan fingerprint density at radius 1 is 1.45 bits per heavy atom. The summed E-state index contributed by atoms with van der Waals surface area (Å²) in [7, 11) is 0. The molecule has 58 valence electrons. The van der Waals surface area contributed by atoms with Gasteiger partial charge in [0.15, 0.2) is 0 Å². The van der Waals surface area contributed by atoms with Crippen LogP contribution in [0.2, 0.25) is 0 Å². The summed E-state index contributed by atoms with van der Waals surface area (Å²) in [6, 6.07) is 7.39. The topological polar surface area (TPSA) is 29.4 Å². The quantitative estimate of drug-likeness (QED) is 0.454. The summed E-state index contributed by atoms with van der Waals surface area (Å²) >= 11 is 2.26. The highest BCUT2D eigenvalue weighted by molar-refractivity contribution is 14.1. The second-order valence-corrected chi connectivity index (χ2v) is 4.13. The minimum Gasteiger partial charge on any atom is -0.145 e. The molecule has 0 radical (unpaired) electrons. The molecule has 0 spiro atoms. The number of hydrogen-bond acceptors (Lipinski definition) is 2. The second-order valence-electron chi connectivity index (χ2n) is 2.27. The predicted octanol–water partition coefficient (Wildman–Crippen LogP) is 3.58. The molecule has 0 aromatic heterocycles. The molecule has 1 unspecified atom stereocenters. The molecule has 1 rings (SSSR count). The molecule has 0 saturated heterocycles. The Bertz CT molecular complexity index is 260. The third-order valence-corrected chi connectivity index (χ3v) is 2.13. The molecule has 0 bridgehead atoms. The van der Waals surface area contributed by atoms with E-state index in [9.17, 15) is 4.91 Å². The van der Waals surface area contributed by atoms with Crippen LogP contribution in [0.5, 0.6) is 0 Å². The van der Waals surface area contributed by atoms with Gasteiger partial charge < -0.3 is 0 Å². The first-order chi connectivity index (χ1) is 5.25. The smallest absolute Gasteiger partial charge is 0.112 e. The Morgan fingerprint density at radius 3 is 2.55 bits per heavy atom. The Hall–Kier alpha value is -0.450. The van der Waals surface area contributed by atoms with Crippen molar-refractivity contribution in [3.05, 3.63) is 34.7 Å². The van der Waals surface area contributed by atoms with Gasteiger partial charge >= 0.3 is 0 Å². The molecule has 0 aliphatic rings. The Morgan fingerprint density at radius 2 is 2.09 bits per heavy atom. The van der Waals surface area contributed by atoms with Gasteiger partial charge in [0, 0.05) is 3.92 Å². The average Bonchev–Trinajstić information content (AvgIpc) is 2.04. The molecule has 11 heavy (non-hydrogen) atoms. The SMILES string of the molecule is CC(I)c1ccccc1N=O. The van der Waals surface area contributed by atoms with Gasteiger partial charge in [-0.2, -0.15) is 0 Å². The molecule has 1 atom stereocenters. The van der Waals surface area contributed by atoms with Crippen molar-refractivity contribution >= 4 is 28.3 Å². The molecule has 0 saturated carbocycles. The monoisotopic (exact) mass is 261 g/mol. The van der Waals surface area contributed by atoms with E-state index in [0.717, 1.165) is 5.56 Å². The highest BCUT2D eigenvalue weighted by Gasteiger charge is 2.05. The van der Waals surface area contributed by atoms with Crippen LogP contribution in [0.1, 0.15) is 16.4 Å². The molecule has 0 heterocycles. The number of hydrogen-bond donors (Lipinski definition) is 0. The molecular formula is C8H8INO. The maximum absolute atomic E-state index is 10.3. The van der Waals surface area contributed by atoms with Crippen molar-refractivity contribution in [3.8, 4) is 0 Å². The first-order valence-electron chi connectivity index (χ1n) is 3.32. The van der Waals surface area contributed by atoms with Crippen molar-refractivity contribution in [2.24, 2.45) is 5.18 Å². The molecule has 0 aliphatic heterocycles. The van der Waals surface area contributed by atoms with Crippen molar-refractivity contribution in [2.45, 2.75) is 10.8 Å². The van der Waals surface area contributed by atoms with Crippen molar-refractivity contribution < 1.29 is 0 Å². The summed E-state index contributed by atoms with van der Waals surface area (Å²) in [6.45, 7) is 2.03. The zero-order valence-corrected chi connectivity index (χ0v) is 8.28. The summed E-state index contributed by atoms with van der Waals surface area (Å²) in [5.41, 5.74) is 1.55. The van der Waals surface area contributed by atoms with Crippen LogP contribution < -0.4 is 0 Å². The zero-order chi connectivity index (χ0) is 8.27. The number of alkyl halides is 1. The summed E-state index contributed by atoms with van der Waals surface area (Å²) in [5, 5.41) is 2.94. The molecular weight excluding hydrogens is 253 g/mol. The van der Waals surface area contributed by atoms with Gasteiger partial charge in [-0.1, -0.05) is 40.8 Å². The van der Waals surface area contributed by atoms with Crippen LogP contribution >= 0.6 is 22.6 Å². The van der Waals surface area contributed by atoms with Crippen LogP contribution in [0.4, 0.5) is 5.69 Å². The maximum atomic E-state index is 10.3. The molecule has 3 heteroatoms. The van der Waals surface area contributed by atoms with E-state index in [2.05, 4.69) is 27.8 Å². The van der Waals surface area contributed by atoms with Crippen molar-refractivity contribution in [2.75, 3.05) is 0 Å². The normalized spacial score (nSPS) is 12.5. The number of nitrogens with zero attached hydrogens (tertiary/aromatic N) is 1. The van der Waals surface area contributed by atoms with Gasteiger partial charge in [0.2, 0.25) is 0 Å².